The normalized spacial score (nSPS) is 22.9. The molecule has 5 nitrogen and oxygen atoms in total. The average Bonchev–Trinajstić information content (AvgIpc) is 2.97. The molecule has 6 heteroatoms. The van der Waals surface area contributed by atoms with Crippen LogP contribution in [0.15, 0.2) is 22.8 Å². The lowest BCUT2D eigenvalue weighted by Crippen LogP contribution is -2.27. The number of nitrogens with one attached hydrogen (secondary N) is 1. The number of pyridine rings is 1. The van der Waals surface area contributed by atoms with Gasteiger partial charge in [-0.3, -0.25) is 4.98 Å². The van der Waals surface area contributed by atoms with E-state index in [9.17, 15) is 10.0 Å². The summed E-state index contributed by atoms with van der Waals surface area (Å²) in [5, 5.41) is 17.7. The molecular weight excluding hydrogens is 274 g/mol. The Labute approximate surface area is 121 Å². The van der Waals surface area contributed by atoms with Crippen LogP contribution in [0.3, 0.4) is 0 Å². The predicted octanol–water partition coefficient (Wildman–Crippen LogP) is 3.66. The van der Waals surface area contributed by atoms with E-state index in [1.807, 2.05) is 11.4 Å². The Morgan fingerprint density at radius 3 is 2.90 bits per heavy atom. The van der Waals surface area contributed by atoms with Gasteiger partial charge in [-0.15, -0.1) is 16.2 Å². The molecule has 2 heterocycles. The molecule has 3 rings (SSSR count). The van der Waals surface area contributed by atoms with Gasteiger partial charge in [0.25, 0.3) is 0 Å². The molecule has 1 fully saturated rings. The summed E-state index contributed by atoms with van der Waals surface area (Å²) in [5.74, 6) is 0.427. The molecule has 0 saturated heterocycles. The average molecular weight is 291 g/mol. The van der Waals surface area contributed by atoms with E-state index in [-0.39, 0.29) is 6.61 Å². The lowest BCUT2D eigenvalue weighted by atomic mass is 9.86. The molecular formula is C14H17N3O2S. The minimum absolute atomic E-state index is 0.276. The zero-order valence-corrected chi connectivity index (χ0v) is 11.9. The first-order chi connectivity index (χ1) is 9.81. The number of anilines is 1. The maximum Gasteiger partial charge on any atom is 0.150 e. The molecule has 0 atom stereocenters. The maximum absolute atomic E-state index is 11.0. The van der Waals surface area contributed by atoms with E-state index < -0.39 is 0 Å². The molecule has 0 aromatic carbocycles. The Morgan fingerprint density at radius 1 is 1.40 bits per heavy atom. The van der Waals surface area contributed by atoms with Gasteiger partial charge in [0.2, 0.25) is 0 Å². The van der Waals surface area contributed by atoms with Gasteiger partial charge < -0.3 is 10.4 Å². The smallest absolute Gasteiger partial charge is 0.150 e. The van der Waals surface area contributed by atoms with Crippen LogP contribution in [-0.2, 0) is 0 Å². The van der Waals surface area contributed by atoms with E-state index in [0.29, 0.717) is 17.6 Å². The zero-order chi connectivity index (χ0) is 13.9. The Hall–Kier alpha value is -1.53. The van der Waals surface area contributed by atoms with Crippen LogP contribution in [0.4, 0.5) is 11.4 Å². The summed E-state index contributed by atoms with van der Waals surface area (Å²) in [7, 11) is 0. The first-order valence-electron chi connectivity index (χ1n) is 6.88. The number of aromatic nitrogens is 1. The summed E-state index contributed by atoms with van der Waals surface area (Å²) in [5.41, 5.74) is 2.09. The van der Waals surface area contributed by atoms with Gasteiger partial charge >= 0.3 is 0 Å². The summed E-state index contributed by atoms with van der Waals surface area (Å²) < 4.78 is 0.992. The van der Waals surface area contributed by atoms with Gasteiger partial charge in [-0.25, -0.2) is 0 Å². The molecule has 1 aliphatic carbocycles. The second kappa shape index (κ2) is 5.85. The molecule has 0 radical (unpaired) electrons. The zero-order valence-electron chi connectivity index (χ0n) is 11.1. The Kier molecular flexibility index (Phi) is 3.93. The van der Waals surface area contributed by atoms with Crippen LogP contribution in [0.1, 0.15) is 25.7 Å². The lowest BCUT2D eigenvalue weighted by molar-refractivity contribution is 0.186. The fourth-order valence-corrected chi connectivity index (χ4v) is 3.66. The first kappa shape index (κ1) is 13.5. The second-order valence-electron chi connectivity index (χ2n) is 5.29. The molecule has 2 N–H and O–H groups in total. The molecule has 20 heavy (non-hydrogen) atoms. The summed E-state index contributed by atoms with van der Waals surface area (Å²) >= 11 is 1.57. The summed E-state index contributed by atoms with van der Waals surface area (Å²) in [6.45, 7) is 0.276. The number of fused-ring (bicyclic) bond motifs is 1. The first-order valence-corrected chi connectivity index (χ1v) is 7.76. The summed E-state index contributed by atoms with van der Waals surface area (Å²) in [4.78, 5) is 15.2. The minimum Gasteiger partial charge on any atom is -0.396 e. The molecule has 1 saturated carbocycles. The van der Waals surface area contributed by atoms with Crippen molar-refractivity contribution in [1.29, 1.82) is 0 Å². The second-order valence-corrected chi connectivity index (χ2v) is 6.21. The summed E-state index contributed by atoms with van der Waals surface area (Å²) in [6.07, 6.45) is 5.61. The molecule has 0 aliphatic heterocycles. The number of nitroso groups, excluding NO2 is 1. The van der Waals surface area contributed by atoms with Crippen molar-refractivity contribution in [3.8, 4) is 0 Å². The van der Waals surface area contributed by atoms with Gasteiger partial charge in [0.05, 0.1) is 22.1 Å². The molecule has 1 aliphatic rings. The molecule has 0 spiro atoms. The van der Waals surface area contributed by atoms with Crippen LogP contribution in [-0.4, -0.2) is 22.7 Å². The van der Waals surface area contributed by atoms with Crippen molar-refractivity contribution in [3.63, 3.8) is 0 Å². The van der Waals surface area contributed by atoms with Gasteiger partial charge in [0.15, 0.2) is 5.69 Å². The number of nitrogens with zero attached hydrogens (tertiary/aromatic N) is 2. The number of rotatable bonds is 4. The van der Waals surface area contributed by atoms with Crippen molar-refractivity contribution in [3.05, 3.63) is 22.6 Å². The van der Waals surface area contributed by atoms with E-state index in [1.54, 1.807) is 11.3 Å². The topological polar surface area (TPSA) is 74.6 Å². The Bertz CT molecular complexity index is 605. The number of thiophene rings is 1. The van der Waals surface area contributed by atoms with Crippen molar-refractivity contribution < 1.29 is 5.11 Å². The SMILES string of the molecule is O=Nc1cnc2ccsc2c1NC1CCC(CO)CC1. The molecule has 2 aromatic rings. The number of hydrogen-bond acceptors (Lipinski definition) is 6. The molecule has 2 aromatic heterocycles. The van der Waals surface area contributed by atoms with Crippen molar-refractivity contribution in [2.45, 2.75) is 31.7 Å². The maximum atomic E-state index is 11.0. The van der Waals surface area contributed by atoms with E-state index in [0.717, 1.165) is 41.6 Å². The molecule has 0 unspecified atom stereocenters. The van der Waals surface area contributed by atoms with Crippen LogP contribution >= 0.6 is 11.3 Å². The van der Waals surface area contributed by atoms with Crippen LogP contribution in [0.2, 0.25) is 0 Å². The third-order valence-electron chi connectivity index (χ3n) is 4.01. The van der Waals surface area contributed by atoms with Gasteiger partial charge in [-0.1, -0.05) is 0 Å². The van der Waals surface area contributed by atoms with Gasteiger partial charge in [0.1, 0.15) is 0 Å². The molecule has 0 bridgehead atoms. The molecule has 106 valence electrons. The predicted molar refractivity (Wildman–Crippen MR) is 81.5 cm³/mol. The van der Waals surface area contributed by atoms with Crippen molar-refractivity contribution in [1.82, 2.24) is 4.98 Å². The van der Waals surface area contributed by atoms with Gasteiger partial charge in [0, 0.05) is 12.6 Å². The summed E-state index contributed by atoms with van der Waals surface area (Å²) in [6, 6.07) is 2.29. The lowest BCUT2D eigenvalue weighted by Gasteiger charge is -2.29. The van der Waals surface area contributed by atoms with E-state index in [2.05, 4.69) is 15.5 Å². The Balaban J connectivity index is 1.83. The van der Waals surface area contributed by atoms with Crippen molar-refractivity contribution >= 4 is 32.9 Å². The largest absolute Gasteiger partial charge is 0.396 e. The van der Waals surface area contributed by atoms with Crippen molar-refractivity contribution in [2.75, 3.05) is 11.9 Å². The van der Waals surface area contributed by atoms with Gasteiger partial charge in [-0.2, -0.15) is 0 Å². The Morgan fingerprint density at radius 2 is 2.20 bits per heavy atom. The highest BCUT2D eigenvalue weighted by atomic mass is 32.1. The fourth-order valence-electron chi connectivity index (χ4n) is 2.80. The highest BCUT2D eigenvalue weighted by molar-refractivity contribution is 7.17. The molecule has 0 amide bonds. The third-order valence-corrected chi connectivity index (χ3v) is 4.93. The monoisotopic (exact) mass is 291 g/mol. The van der Waals surface area contributed by atoms with Crippen LogP contribution in [0.5, 0.6) is 0 Å². The quantitative estimate of drug-likeness (QED) is 0.843. The number of aliphatic hydroxyl groups excluding tert-OH is 1. The van der Waals surface area contributed by atoms with Crippen LogP contribution in [0.25, 0.3) is 10.2 Å². The standard InChI is InChI=1S/C14H17N3O2S/c18-8-9-1-3-10(4-2-9)16-13-12(17-19)7-15-11-5-6-20-14(11)13/h5-7,9-10,18H,1-4,8H2,(H,15,16). The van der Waals surface area contributed by atoms with Crippen LogP contribution < -0.4 is 5.32 Å². The van der Waals surface area contributed by atoms with E-state index in [4.69, 9.17) is 0 Å². The highest BCUT2D eigenvalue weighted by Gasteiger charge is 2.22. The van der Waals surface area contributed by atoms with E-state index in [1.165, 1.54) is 6.20 Å². The number of hydrogen-bond donors (Lipinski definition) is 2. The minimum atomic E-state index is 0.276. The van der Waals surface area contributed by atoms with Crippen LogP contribution in [0, 0.1) is 10.8 Å². The fraction of sp³-hybridized carbons (Fsp3) is 0.500. The third kappa shape index (κ3) is 2.53. The van der Waals surface area contributed by atoms with Crippen molar-refractivity contribution in [2.24, 2.45) is 11.1 Å². The number of aliphatic hydroxyl groups is 1. The van der Waals surface area contributed by atoms with Gasteiger partial charge in [-0.05, 0) is 48.2 Å². The van der Waals surface area contributed by atoms with E-state index >= 15 is 0 Å². The highest BCUT2D eigenvalue weighted by Crippen LogP contribution is 2.37.